The number of carbonyl (C=O) groups excluding carboxylic acids is 1. The third-order valence-electron chi connectivity index (χ3n) is 4.77. The smallest absolute Gasteiger partial charge is 0.332 e. The van der Waals surface area contributed by atoms with Crippen LogP contribution in [0.1, 0.15) is 32.4 Å². The summed E-state index contributed by atoms with van der Waals surface area (Å²) in [5.41, 5.74) is 0.227. The van der Waals surface area contributed by atoms with Crippen LogP contribution in [0.2, 0.25) is 5.02 Å². The molecule has 0 saturated heterocycles. The van der Waals surface area contributed by atoms with Gasteiger partial charge in [-0.25, -0.2) is 4.79 Å². The van der Waals surface area contributed by atoms with Crippen molar-refractivity contribution in [3.8, 4) is 0 Å². The van der Waals surface area contributed by atoms with Crippen molar-refractivity contribution >= 4 is 28.4 Å². The van der Waals surface area contributed by atoms with Crippen molar-refractivity contribution in [2.45, 2.75) is 33.4 Å². The average Bonchev–Trinajstić information content (AvgIpc) is 2.69. The Morgan fingerprint density at radius 2 is 1.76 bits per heavy atom. The van der Waals surface area contributed by atoms with Crippen molar-refractivity contribution in [1.29, 1.82) is 0 Å². The van der Waals surface area contributed by atoms with Gasteiger partial charge in [0.25, 0.3) is 5.56 Å². The van der Waals surface area contributed by atoms with Crippen LogP contribution >= 0.6 is 11.6 Å². The van der Waals surface area contributed by atoms with E-state index in [1.165, 1.54) is 4.57 Å². The number of amides is 1. The number of fused-ring (bicyclic) bond motifs is 1. The first-order chi connectivity index (χ1) is 13.8. The Morgan fingerprint density at radius 3 is 2.41 bits per heavy atom. The highest BCUT2D eigenvalue weighted by Crippen LogP contribution is 2.19. The van der Waals surface area contributed by atoms with Gasteiger partial charge in [-0.2, -0.15) is 0 Å². The van der Waals surface area contributed by atoms with Gasteiger partial charge in [-0.3, -0.25) is 18.7 Å². The van der Waals surface area contributed by atoms with E-state index in [1.54, 1.807) is 25.1 Å². The number of aromatic nitrogens is 2. The lowest BCUT2D eigenvalue weighted by Gasteiger charge is -2.20. The minimum Gasteiger partial charge on any atom is -0.354 e. The molecule has 0 aliphatic carbocycles. The summed E-state index contributed by atoms with van der Waals surface area (Å²) >= 11 is 6.13. The van der Waals surface area contributed by atoms with Crippen LogP contribution in [0.3, 0.4) is 0 Å². The predicted molar refractivity (Wildman–Crippen MR) is 116 cm³/mol. The molecule has 1 heterocycles. The van der Waals surface area contributed by atoms with Crippen LogP contribution in [-0.2, 0) is 11.3 Å². The van der Waals surface area contributed by atoms with E-state index in [9.17, 15) is 14.4 Å². The number of rotatable bonds is 6. The average molecular weight is 414 g/mol. The van der Waals surface area contributed by atoms with Crippen molar-refractivity contribution in [1.82, 2.24) is 14.5 Å². The fraction of sp³-hybridized carbons (Fsp3) is 0.318. The second-order valence-corrected chi connectivity index (χ2v) is 7.94. The Kier molecular flexibility index (Phi) is 6.23. The van der Waals surface area contributed by atoms with Gasteiger partial charge in [-0.05, 0) is 36.6 Å². The summed E-state index contributed by atoms with van der Waals surface area (Å²) in [6.45, 7) is 6.26. The highest BCUT2D eigenvalue weighted by Gasteiger charge is 2.22. The Morgan fingerprint density at radius 1 is 1.07 bits per heavy atom. The van der Waals surface area contributed by atoms with Gasteiger partial charge in [0, 0.05) is 11.6 Å². The fourth-order valence-electron chi connectivity index (χ4n) is 3.20. The molecule has 152 valence electrons. The third-order valence-corrected chi connectivity index (χ3v) is 5.00. The molecule has 0 aliphatic heterocycles. The summed E-state index contributed by atoms with van der Waals surface area (Å²) in [4.78, 5) is 39.0. The van der Waals surface area contributed by atoms with Gasteiger partial charge in [0.2, 0.25) is 5.91 Å². The maximum atomic E-state index is 13.3. The van der Waals surface area contributed by atoms with E-state index >= 15 is 0 Å². The maximum absolute atomic E-state index is 13.3. The molecular formula is C22H24ClN3O3. The molecule has 0 bridgehead atoms. The minimum atomic E-state index is -0.801. The number of nitrogens with one attached hydrogen (secondary N) is 1. The first-order valence-corrected chi connectivity index (χ1v) is 9.93. The van der Waals surface area contributed by atoms with Gasteiger partial charge in [0.1, 0.15) is 6.04 Å². The number of nitrogens with zero attached hydrogens (tertiary/aromatic N) is 2. The summed E-state index contributed by atoms with van der Waals surface area (Å²) in [6, 6.07) is 13.2. The van der Waals surface area contributed by atoms with E-state index in [2.05, 4.69) is 5.32 Å². The summed E-state index contributed by atoms with van der Waals surface area (Å²) in [7, 11) is 0. The molecular weight excluding hydrogens is 390 g/mol. The molecule has 0 spiro atoms. The SMILES string of the molecule is CC(C)CNC(=O)[C@H](C)n1c(=O)n(Cc2ccccc2)c(=O)c2ccc(Cl)cc21. The number of halogens is 1. The molecule has 29 heavy (non-hydrogen) atoms. The zero-order valence-corrected chi connectivity index (χ0v) is 17.4. The van der Waals surface area contributed by atoms with E-state index in [0.717, 1.165) is 10.1 Å². The lowest BCUT2D eigenvalue weighted by atomic mass is 10.2. The van der Waals surface area contributed by atoms with Crippen LogP contribution in [0.15, 0.2) is 58.1 Å². The fourth-order valence-corrected chi connectivity index (χ4v) is 3.37. The Bertz CT molecular complexity index is 1150. The predicted octanol–water partition coefficient (Wildman–Crippen LogP) is 3.20. The molecule has 3 aromatic rings. The lowest BCUT2D eigenvalue weighted by molar-refractivity contribution is -0.124. The van der Waals surface area contributed by atoms with Crippen LogP contribution < -0.4 is 16.6 Å². The second kappa shape index (κ2) is 8.66. The van der Waals surface area contributed by atoms with Gasteiger partial charge in [-0.1, -0.05) is 55.8 Å². The van der Waals surface area contributed by atoms with E-state index < -0.39 is 17.3 Å². The van der Waals surface area contributed by atoms with E-state index in [-0.39, 0.29) is 18.4 Å². The standard InChI is InChI=1S/C22H24ClN3O3/c1-14(2)12-24-20(27)15(3)26-19-11-17(23)9-10-18(19)21(28)25(22(26)29)13-16-7-5-4-6-8-16/h4-11,14-15H,12-13H2,1-3H3,(H,24,27)/t15-/m0/s1. The molecule has 3 rings (SSSR count). The monoisotopic (exact) mass is 413 g/mol. The van der Waals surface area contributed by atoms with Crippen molar-refractivity contribution in [2.75, 3.05) is 6.54 Å². The number of benzene rings is 2. The van der Waals surface area contributed by atoms with Gasteiger partial charge in [0.05, 0.1) is 17.4 Å². The minimum absolute atomic E-state index is 0.122. The van der Waals surface area contributed by atoms with Crippen LogP contribution in [-0.4, -0.2) is 21.6 Å². The van der Waals surface area contributed by atoms with Gasteiger partial charge < -0.3 is 5.32 Å². The van der Waals surface area contributed by atoms with Crippen LogP contribution in [0.25, 0.3) is 10.9 Å². The van der Waals surface area contributed by atoms with Crippen LogP contribution in [0.4, 0.5) is 0 Å². The van der Waals surface area contributed by atoms with Crippen LogP contribution in [0.5, 0.6) is 0 Å². The van der Waals surface area contributed by atoms with E-state index in [0.29, 0.717) is 22.5 Å². The molecule has 1 aromatic heterocycles. The zero-order chi connectivity index (χ0) is 21.1. The molecule has 0 radical (unpaired) electrons. The Balaban J connectivity index is 2.19. The van der Waals surface area contributed by atoms with Gasteiger partial charge in [-0.15, -0.1) is 0 Å². The van der Waals surface area contributed by atoms with E-state index in [4.69, 9.17) is 11.6 Å². The topological polar surface area (TPSA) is 73.1 Å². The number of hydrogen-bond acceptors (Lipinski definition) is 3. The Hall–Kier alpha value is -2.86. The molecule has 1 amide bonds. The summed E-state index contributed by atoms with van der Waals surface area (Å²) in [5, 5.41) is 3.58. The summed E-state index contributed by atoms with van der Waals surface area (Å²) in [5.74, 6) is -0.00641. The molecule has 1 atom stereocenters. The number of carbonyl (C=O) groups is 1. The largest absolute Gasteiger partial charge is 0.354 e. The molecule has 6 nitrogen and oxygen atoms in total. The first kappa shape index (κ1) is 20.9. The van der Waals surface area contributed by atoms with Crippen molar-refractivity contribution in [2.24, 2.45) is 5.92 Å². The summed E-state index contributed by atoms with van der Waals surface area (Å²) in [6.07, 6.45) is 0. The van der Waals surface area contributed by atoms with E-state index in [1.807, 2.05) is 44.2 Å². The Labute approximate surface area is 173 Å². The summed E-state index contributed by atoms with van der Waals surface area (Å²) < 4.78 is 2.51. The third kappa shape index (κ3) is 4.43. The van der Waals surface area contributed by atoms with Crippen molar-refractivity contribution in [3.05, 3.63) is 80.0 Å². The zero-order valence-electron chi connectivity index (χ0n) is 16.7. The quantitative estimate of drug-likeness (QED) is 0.674. The second-order valence-electron chi connectivity index (χ2n) is 7.51. The van der Waals surface area contributed by atoms with Crippen LogP contribution in [0, 0.1) is 5.92 Å². The molecule has 0 saturated carbocycles. The number of hydrogen-bond donors (Lipinski definition) is 1. The lowest BCUT2D eigenvalue weighted by Crippen LogP contribution is -2.45. The molecule has 0 fully saturated rings. The normalized spacial score (nSPS) is 12.3. The van der Waals surface area contributed by atoms with Gasteiger partial charge >= 0.3 is 5.69 Å². The van der Waals surface area contributed by atoms with Crippen molar-refractivity contribution < 1.29 is 4.79 Å². The first-order valence-electron chi connectivity index (χ1n) is 9.56. The molecule has 2 aromatic carbocycles. The molecule has 1 N–H and O–H groups in total. The highest BCUT2D eigenvalue weighted by molar-refractivity contribution is 6.31. The maximum Gasteiger partial charge on any atom is 0.332 e. The molecule has 7 heteroatoms. The molecule has 0 unspecified atom stereocenters. The van der Waals surface area contributed by atoms with Gasteiger partial charge in [0.15, 0.2) is 0 Å². The van der Waals surface area contributed by atoms with Crippen molar-refractivity contribution in [3.63, 3.8) is 0 Å². The highest BCUT2D eigenvalue weighted by atomic mass is 35.5. The molecule has 0 aliphatic rings.